The van der Waals surface area contributed by atoms with Crippen LogP contribution in [0.4, 0.5) is 0 Å². The summed E-state index contributed by atoms with van der Waals surface area (Å²) in [6, 6.07) is 0. The van der Waals surface area contributed by atoms with Gasteiger partial charge in [0.25, 0.3) is 0 Å². The molecule has 0 aliphatic heterocycles. The highest BCUT2D eigenvalue weighted by Crippen LogP contribution is 1.94. The van der Waals surface area contributed by atoms with Gasteiger partial charge in [-0.25, -0.2) is 0 Å². The van der Waals surface area contributed by atoms with Crippen LogP contribution in [0.3, 0.4) is 0 Å². The molecule has 0 aliphatic rings. The van der Waals surface area contributed by atoms with Gasteiger partial charge in [0.15, 0.2) is 6.29 Å². The molecule has 1 unspecified atom stereocenters. The van der Waals surface area contributed by atoms with Gasteiger partial charge in [-0.2, -0.15) is 0 Å². The molecule has 4 heteroatoms. The summed E-state index contributed by atoms with van der Waals surface area (Å²) in [5, 5.41) is 0. The van der Waals surface area contributed by atoms with Crippen LogP contribution in [0.15, 0.2) is 0 Å². The van der Waals surface area contributed by atoms with Crippen molar-refractivity contribution in [2.45, 2.75) is 6.29 Å². The molecule has 62 valence electrons. The first-order valence-electron chi connectivity index (χ1n) is 3.04. The van der Waals surface area contributed by atoms with Crippen LogP contribution in [0.25, 0.3) is 0 Å². The van der Waals surface area contributed by atoms with E-state index < -0.39 is 0 Å². The molecule has 1 atom stereocenters. The SMILES string of the molecule is COCCOC(CCl)OC. The minimum absolute atomic E-state index is 0.309. The zero-order chi connectivity index (χ0) is 7.82. The maximum atomic E-state index is 5.46. The predicted octanol–water partition coefficient (Wildman–Crippen LogP) is 0.861. The normalized spacial score (nSPS) is 13.5. The quantitative estimate of drug-likeness (QED) is 0.335. The number of rotatable bonds is 6. The second kappa shape index (κ2) is 7.28. The number of alkyl halides is 1. The number of hydrogen-bond donors (Lipinski definition) is 0. The molecule has 0 saturated carbocycles. The van der Waals surface area contributed by atoms with Gasteiger partial charge >= 0.3 is 0 Å². The van der Waals surface area contributed by atoms with Crippen molar-refractivity contribution in [1.29, 1.82) is 0 Å². The summed E-state index contributed by atoms with van der Waals surface area (Å²) in [5.41, 5.74) is 0. The van der Waals surface area contributed by atoms with Gasteiger partial charge in [0.2, 0.25) is 0 Å². The summed E-state index contributed by atoms with van der Waals surface area (Å²) in [5.74, 6) is 0.347. The number of ether oxygens (including phenoxy) is 3. The molecular weight excluding hydrogens is 156 g/mol. The Bertz CT molecular complexity index is 66.0. The maximum absolute atomic E-state index is 5.46. The molecule has 0 heterocycles. The van der Waals surface area contributed by atoms with Gasteiger partial charge < -0.3 is 14.2 Å². The molecule has 0 saturated heterocycles. The van der Waals surface area contributed by atoms with Crippen molar-refractivity contribution >= 4 is 11.6 Å². The van der Waals surface area contributed by atoms with Crippen molar-refractivity contribution in [3.8, 4) is 0 Å². The molecule has 0 spiro atoms. The average molecular weight is 169 g/mol. The van der Waals surface area contributed by atoms with Gasteiger partial charge in [0.05, 0.1) is 19.1 Å². The Morgan fingerprint density at radius 2 is 2.00 bits per heavy atom. The van der Waals surface area contributed by atoms with Crippen LogP contribution in [0.1, 0.15) is 0 Å². The fourth-order valence-electron chi connectivity index (χ4n) is 0.438. The zero-order valence-electron chi connectivity index (χ0n) is 6.30. The van der Waals surface area contributed by atoms with Crippen molar-refractivity contribution in [2.24, 2.45) is 0 Å². The summed E-state index contributed by atoms with van der Waals surface area (Å²) < 4.78 is 14.7. The van der Waals surface area contributed by atoms with Crippen molar-refractivity contribution in [2.75, 3.05) is 33.3 Å². The van der Waals surface area contributed by atoms with Gasteiger partial charge in [-0.3, -0.25) is 0 Å². The van der Waals surface area contributed by atoms with E-state index in [2.05, 4.69) is 0 Å². The molecule has 0 rings (SSSR count). The molecule has 10 heavy (non-hydrogen) atoms. The van der Waals surface area contributed by atoms with E-state index >= 15 is 0 Å². The third-order valence-corrected chi connectivity index (χ3v) is 1.23. The Kier molecular flexibility index (Phi) is 7.40. The number of halogens is 1. The molecule has 0 fully saturated rings. The molecule has 0 radical (unpaired) electrons. The summed E-state index contributed by atoms with van der Waals surface area (Å²) >= 11 is 5.46. The Balaban J connectivity index is 3.09. The van der Waals surface area contributed by atoms with E-state index in [4.69, 9.17) is 25.8 Å². The molecule has 0 aromatic carbocycles. The van der Waals surface area contributed by atoms with Gasteiger partial charge in [0, 0.05) is 14.2 Å². The molecule has 0 aromatic heterocycles. The van der Waals surface area contributed by atoms with E-state index in [9.17, 15) is 0 Å². The summed E-state index contributed by atoms with van der Waals surface area (Å²) in [6.07, 6.45) is -0.309. The highest BCUT2D eigenvalue weighted by atomic mass is 35.5. The van der Waals surface area contributed by atoms with Gasteiger partial charge in [-0.1, -0.05) is 0 Å². The fraction of sp³-hybridized carbons (Fsp3) is 1.00. The zero-order valence-corrected chi connectivity index (χ0v) is 7.06. The lowest BCUT2D eigenvalue weighted by Crippen LogP contribution is -2.19. The predicted molar refractivity (Wildman–Crippen MR) is 39.3 cm³/mol. The first-order valence-corrected chi connectivity index (χ1v) is 3.58. The minimum atomic E-state index is -0.309. The van der Waals surface area contributed by atoms with Crippen LogP contribution >= 0.6 is 11.6 Å². The van der Waals surface area contributed by atoms with E-state index in [1.807, 2.05) is 0 Å². The first-order chi connectivity index (χ1) is 4.85. The average Bonchev–Trinajstić information content (AvgIpc) is 1.99. The van der Waals surface area contributed by atoms with Crippen LogP contribution in [0.2, 0.25) is 0 Å². The lowest BCUT2D eigenvalue weighted by Gasteiger charge is -2.11. The highest BCUT2D eigenvalue weighted by Gasteiger charge is 2.02. The Morgan fingerprint density at radius 1 is 1.30 bits per heavy atom. The third-order valence-electron chi connectivity index (χ3n) is 0.980. The lowest BCUT2D eigenvalue weighted by atomic mass is 10.7. The summed E-state index contributed by atoms with van der Waals surface area (Å²) in [7, 11) is 3.17. The minimum Gasteiger partial charge on any atom is -0.382 e. The number of hydrogen-bond acceptors (Lipinski definition) is 3. The van der Waals surface area contributed by atoms with Crippen LogP contribution in [-0.2, 0) is 14.2 Å². The van der Waals surface area contributed by atoms with Crippen molar-refractivity contribution in [3.05, 3.63) is 0 Å². The molecule has 0 amide bonds. The monoisotopic (exact) mass is 168 g/mol. The van der Waals surface area contributed by atoms with E-state index in [0.717, 1.165) is 0 Å². The summed E-state index contributed by atoms with van der Waals surface area (Å²) in [6.45, 7) is 1.08. The van der Waals surface area contributed by atoms with Crippen LogP contribution in [-0.4, -0.2) is 39.6 Å². The van der Waals surface area contributed by atoms with Crippen molar-refractivity contribution in [1.82, 2.24) is 0 Å². The standard InChI is InChI=1S/C6H13ClO3/c1-8-3-4-10-6(5-7)9-2/h6H,3-5H2,1-2H3. The Labute approximate surface area is 66.2 Å². The molecule has 0 aromatic rings. The molecule has 0 aliphatic carbocycles. The highest BCUT2D eigenvalue weighted by molar-refractivity contribution is 6.18. The van der Waals surface area contributed by atoms with Crippen molar-refractivity contribution in [3.63, 3.8) is 0 Å². The molecule has 0 bridgehead atoms. The lowest BCUT2D eigenvalue weighted by molar-refractivity contribution is -0.117. The van der Waals surface area contributed by atoms with E-state index in [-0.39, 0.29) is 6.29 Å². The maximum Gasteiger partial charge on any atom is 0.170 e. The Morgan fingerprint density at radius 3 is 2.40 bits per heavy atom. The largest absolute Gasteiger partial charge is 0.382 e. The van der Waals surface area contributed by atoms with Gasteiger partial charge in [0.1, 0.15) is 0 Å². The fourth-order valence-corrected chi connectivity index (χ4v) is 0.654. The van der Waals surface area contributed by atoms with E-state index in [0.29, 0.717) is 19.1 Å². The van der Waals surface area contributed by atoms with Crippen LogP contribution in [0, 0.1) is 0 Å². The van der Waals surface area contributed by atoms with Gasteiger partial charge in [-0.05, 0) is 0 Å². The third kappa shape index (κ3) is 4.99. The Hall–Kier alpha value is 0.170. The smallest absolute Gasteiger partial charge is 0.170 e. The topological polar surface area (TPSA) is 27.7 Å². The molecular formula is C6H13ClO3. The van der Waals surface area contributed by atoms with E-state index in [1.54, 1.807) is 14.2 Å². The first kappa shape index (κ1) is 10.2. The van der Waals surface area contributed by atoms with E-state index in [1.165, 1.54) is 0 Å². The van der Waals surface area contributed by atoms with Crippen LogP contribution in [0.5, 0.6) is 0 Å². The molecule has 0 N–H and O–H groups in total. The van der Waals surface area contributed by atoms with Gasteiger partial charge in [-0.15, -0.1) is 11.6 Å². The summed E-state index contributed by atoms with van der Waals surface area (Å²) in [4.78, 5) is 0. The molecule has 3 nitrogen and oxygen atoms in total. The second-order valence-corrected chi connectivity index (χ2v) is 1.99. The number of methoxy groups -OCH3 is 2. The van der Waals surface area contributed by atoms with Crippen LogP contribution < -0.4 is 0 Å². The second-order valence-electron chi connectivity index (χ2n) is 1.68. The van der Waals surface area contributed by atoms with Crippen molar-refractivity contribution < 1.29 is 14.2 Å².